The molecule has 1 atom stereocenters. The lowest BCUT2D eigenvalue weighted by Crippen LogP contribution is -2.29. The Morgan fingerprint density at radius 3 is 2.86 bits per heavy atom. The predicted molar refractivity (Wildman–Crippen MR) is 80.9 cm³/mol. The molecule has 3 rings (SSSR count). The Kier molecular flexibility index (Phi) is 3.75. The number of rotatable bonds is 4. The van der Waals surface area contributed by atoms with E-state index in [0.29, 0.717) is 5.39 Å². The van der Waals surface area contributed by atoms with Gasteiger partial charge in [0, 0.05) is 37.2 Å². The lowest BCUT2D eigenvalue weighted by molar-refractivity contribution is 0.0698. The summed E-state index contributed by atoms with van der Waals surface area (Å²) in [5, 5.41) is 10.8. The molecule has 0 bridgehead atoms. The zero-order chi connectivity index (χ0) is 14.8. The second-order valence-corrected chi connectivity index (χ2v) is 5.36. The lowest BCUT2D eigenvalue weighted by Gasteiger charge is -2.23. The molecule has 0 amide bonds. The molecule has 1 N–H and O–H groups in total. The highest BCUT2D eigenvalue weighted by atomic mass is 16.5. The second kappa shape index (κ2) is 5.69. The number of benzene rings is 1. The Balaban J connectivity index is 1.98. The fraction of sp³-hybridized carbons (Fsp3) is 0.375. The molecule has 1 saturated heterocycles. The first kappa shape index (κ1) is 13.8. The summed E-state index contributed by atoms with van der Waals surface area (Å²) >= 11 is 0. The number of carbonyl (C=O) groups is 1. The molecule has 5 nitrogen and oxygen atoms in total. The van der Waals surface area contributed by atoms with E-state index < -0.39 is 5.97 Å². The topological polar surface area (TPSA) is 62.7 Å². The van der Waals surface area contributed by atoms with Crippen molar-refractivity contribution in [1.82, 2.24) is 4.98 Å². The highest BCUT2D eigenvalue weighted by Crippen LogP contribution is 2.27. The van der Waals surface area contributed by atoms with Gasteiger partial charge in [0.1, 0.15) is 5.82 Å². The zero-order valence-corrected chi connectivity index (χ0v) is 12.0. The molecule has 1 aromatic carbocycles. The average Bonchev–Trinajstić information content (AvgIpc) is 2.98. The molecule has 0 radical (unpaired) electrons. The molecule has 0 spiro atoms. The zero-order valence-electron chi connectivity index (χ0n) is 12.0. The van der Waals surface area contributed by atoms with Crippen LogP contribution >= 0.6 is 0 Å². The van der Waals surface area contributed by atoms with Gasteiger partial charge in [0.25, 0.3) is 0 Å². The number of pyridine rings is 1. The number of hydrogen-bond donors (Lipinski definition) is 1. The van der Waals surface area contributed by atoms with Crippen LogP contribution in [0.3, 0.4) is 0 Å². The van der Waals surface area contributed by atoms with Gasteiger partial charge in [0.15, 0.2) is 0 Å². The van der Waals surface area contributed by atoms with Gasteiger partial charge in [-0.25, -0.2) is 9.78 Å². The van der Waals surface area contributed by atoms with E-state index in [-0.39, 0.29) is 11.7 Å². The van der Waals surface area contributed by atoms with E-state index in [2.05, 4.69) is 4.98 Å². The molecule has 0 aliphatic carbocycles. The van der Waals surface area contributed by atoms with Crippen LogP contribution in [0.4, 0.5) is 5.82 Å². The van der Waals surface area contributed by atoms with Crippen molar-refractivity contribution in [3.05, 3.63) is 36.0 Å². The highest BCUT2D eigenvalue weighted by Gasteiger charge is 2.20. The third-order valence-corrected chi connectivity index (χ3v) is 3.87. The van der Waals surface area contributed by atoms with Gasteiger partial charge in [0.05, 0.1) is 11.7 Å². The third kappa shape index (κ3) is 2.69. The van der Waals surface area contributed by atoms with Crippen molar-refractivity contribution in [2.24, 2.45) is 0 Å². The first-order chi connectivity index (χ1) is 10.2. The minimum Gasteiger partial charge on any atom is -0.478 e. The monoisotopic (exact) mass is 286 g/mol. The molecule has 0 saturated carbocycles. The Hall–Kier alpha value is -2.14. The van der Waals surface area contributed by atoms with Crippen LogP contribution in [0.15, 0.2) is 30.5 Å². The van der Waals surface area contributed by atoms with Crippen LogP contribution in [-0.4, -0.2) is 42.4 Å². The number of ether oxygens (including phenoxy) is 1. The van der Waals surface area contributed by atoms with Crippen molar-refractivity contribution in [1.29, 1.82) is 0 Å². The molecular weight excluding hydrogens is 268 g/mol. The van der Waals surface area contributed by atoms with Crippen molar-refractivity contribution in [2.45, 2.75) is 18.9 Å². The minimum absolute atomic E-state index is 0.231. The van der Waals surface area contributed by atoms with Crippen LogP contribution in [0.25, 0.3) is 10.8 Å². The van der Waals surface area contributed by atoms with Crippen molar-refractivity contribution in [3.63, 3.8) is 0 Å². The fourth-order valence-electron chi connectivity index (χ4n) is 2.83. The van der Waals surface area contributed by atoms with Gasteiger partial charge in [-0.15, -0.1) is 0 Å². The van der Waals surface area contributed by atoms with Crippen LogP contribution in [-0.2, 0) is 4.74 Å². The van der Waals surface area contributed by atoms with Gasteiger partial charge in [-0.3, -0.25) is 0 Å². The minimum atomic E-state index is -0.952. The number of aromatic nitrogens is 1. The van der Waals surface area contributed by atoms with Crippen molar-refractivity contribution >= 4 is 22.6 Å². The van der Waals surface area contributed by atoms with E-state index in [1.54, 1.807) is 0 Å². The quantitative estimate of drug-likeness (QED) is 0.936. The Labute approximate surface area is 123 Å². The molecule has 2 heterocycles. The number of fused-ring (bicyclic) bond motifs is 1. The molecule has 1 fully saturated rings. The van der Waals surface area contributed by atoms with E-state index in [1.165, 1.54) is 6.20 Å². The van der Waals surface area contributed by atoms with E-state index in [4.69, 9.17) is 4.74 Å². The molecule has 2 aromatic rings. The highest BCUT2D eigenvalue weighted by molar-refractivity contribution is 6.06. The second-order valence-electron chi connectivity index (χ2n) is 5.36. The summed E-state index contributed by atoms with van der Waals surface area (Å²) in [6.07, 6.45) is 3.83. The average molecular weight is 286 g/mol. The SMILES string of the molecule is CN(CC1CCCO1)c1ncc(C(=O)O)c2ccccc12. The van der Waals surface area contributed by atoms with E-state index >= 15 is 0 Å². The molecule has 21 heavy (non-hydrogen) atoms. The summed E-state index contributed by atoms with van der Waals surface area (Å²) in [6.45, 7) is 1.59. The Morgan fingerprint density at radius 1 is 1.43 bits per heavy atom. The van der Waals surface area contributed by atoms with E-state index in [9.17, 15) is 9.90 Å². The predicted octanol–water partition coefficient (Wildman–Crippen LogP) is 2.55. The van der Waals surface area contributed by atoms with Crippen LogP contribution in [0.5, 0.6) is 0 Å². The summed E-state index contributed by atoms with van der Waals surface area (Å²) < 4.78 is 5.66. The maximum atomic E-state index is 11.3. The van der Waals surface area contributed by atoms with Crippen LogP contribution < -0.4 is 4.90 Å². The fourth-order valence-corrected chi connectivity index (χ4v) is 2.83. The van der Waals surface area contributed by atoms with E-state index in [1.807, 2.05) is 36.2 Å². The number of hydrogen-bond acceptors (Lipinski definition) is 4. The molecule has 1 aliphatic rings. The van der Waals surface area contributed by atoms with Gasteiger partial charge in [-0.2, -0.15) is 0 Å². The number of carboxylic acid groups (broad SMARTS) is 1. The molecule has 1 aliphatic heterocycles. The van der Waals surface area contributed by atoms with Crippen LogP contribution in [0, 0.1) is 0 Å². The number of likely N-dealkylation sites (N-methyl/N-ethyl adjacent to an activating group) is 1. The van der Waals surface area contributed by atoms with Crippen molar-refractivity contribution < 1.29 is 14.6 Å². The standard InChI is InChI=1S/C16H18N2O3/c1-18(10-11-5-4-8-21-11)15-13-7-3-2-6-12(13)14(9-17-15)16(19)20/h2-3,6-7,9,11H,4-5,8,10H2,1H3,(H,19,20). The first-order valence-corrected chi connectivity index (χ1v) is 7.10. The normalized spacial score (nSPS) is 18.0. The molecule has 110 valence electrons. The molecular formula is C16H18N2O3. The number of anilines is 1. The third-order valence-electron chi connectivity index (χ3n) is 3.87. The van der Waals surface area contributed by atoms with Gasteiger partial charge in [-0.1, -0.05) is 24.3 Å². The molecule has 1 unspecified atom stereocenters. The van der Waals surface area contributed by atoms with Crippen molar-refractivity contribution in [2.75, 3.05) is 25.1 Å². The number of nitrogens with zero attached hydrogens (tertiary/aromatic N) is 2. The van der Waals surface area contributed by atoms with E-state index in [0.717, 1.165) is 37.2 Å². The molecule has 1 aromatic heterocycles. The first-order valence-electron chi connectivity index (χ1n) is 7.10. The van der Waals surface area contributed by atoms with Gasteiger partial charge >= 0.3 is 5.97 Å². The van der Waals surface area contributed by atoms with Crippen LogP contribution in [0.2, 0.25) is 0 Å². The lowest BCUT2D eigenvalue weighted by atomic mass is 10.1. The maximum absolute atomic E-state index is 11.3. The Morgan fingerprint density at radius 2 is 2.19 bits per heavy atom. The van der Waals surface area contributed by atoms with Crippen LogP contribution in [0.1, 0.15) is 23.2 Å². The number of carboxylic acids is 1. The van der Waals surface area contributed by atoms with Crippen molar-refractivity contribution in [3.8, 4) is 0 Å². The largest absolute Gasteiger partial charge is 0.478 e. The smallest absolute Gasteiger partial charge is 0.337 e. The maximum Gasteiger partial charge on any atom is 0.337 e. The summed E-state index contributed by atoms with van der Waals surface area (Å²) in [5.74, 6) is -0.155. The van der Waals surface area contributed by atoms with Gasteiger partial charge < -0.3 is 14.7 Å². The number of aromatic carboxylic acids is 1. The summed E-state index contributed by atoms with van der Waals surface area (Å²) in [5.41, 5.74) is 0.236. The van der Waals surface area contributed by atoms with Gasteiger partial charge in [-0.05, 0) is 12.8 Å². The summed E-state index contributed by atoms with van der Waals surface area (Å²) in [7, 11) is 1.97. The Bertz CT molecular complexity index is 666. The summed E-state index contributed by atoms with van der Waals surface area (Å²) in [4.78, 5) is 17.7. The molecule has 5 heteroatoms. The summed E-state index contributed by atoms with van der Waals surface area (Å²) in [6, 6.07) is 7.48. The van der Waals surface area contributed by atoms with Gasteiger partial charge in [0.2, 0.25) is 0 Å².